The van der Waals surface area contributed by atoms with Crippen LogP contribution in [0.2, 0.25) is 0 Å². The summed E-state index contributed by atoms with van der Waals surface area (Å²) in [5.74, 6) is 0.207. The monoisotopic (exact) mass is 197 g/mol. The van der Waals surface area contributed by atoms with Crippen molar-refractivity contribution >= 4 is 12.0 Å². The smallest absolute Gasteiger partial charge is 0.144 e. The third kappa shape index (κ3) is 2.23. The van der Waals surface area contributed by atoms with Gasteiger partial charge in [0.25, 0.3) is 0 Å². The lowest BCUT2D eigenvalue weighted by molar-refractivity contribution is -0.138. The first-order valence-corrected chi connectivity index (χ1v) is 5.03. The summed E-state index contributed by atoms with van der Waals surface area (Å²) in [6.07, 6.45) is 1.37. The molecule has 82 valence electrons. The fourth-order valence-corrected chi connectivity index (χ4v) is 1.41. The van der Waals surface area contributed by atoms with E-state index in [0.29, 0.717) is 0 Å². The molecular formula is C12H23NO. The average molecular weight is 197 g/mol. The van der Waals surface area contributed by atoms with E-state index in [4.69, 9.17) is 5.41 Å². The predicted octanol–water partition coefficient (Wildman–Crippen LogP) is 3.30. The molecule has 0 aliphatic carbocycles. The minimum Gasteiger partial charge on any atom is -0.313 e. The molecule has 0 amide bonds. The van der Waals surface area contributed by atoms with Crippen LogP contribution in [0.5, 0.6) is 0 Å². The van der Waals surface area contributed by atoms with Crippen molar-refractivity contribution in [3.63, 3.8) is 0 Å². The molecule has 14 heavy (non-hydrogen) atoms. The molecule has 2 nitrogen and oxygen atoms in total. The molecule has 0 unspecified atom stereocenters. The highest BCUT2D eigenvalue weighted by Crippen LogP contribution is 2.42. The molecule has 0 fully saturated rings. The van der Waals surface area contributed by atoms with E-state index in [1.807, 2.05) is 48.5 Å². The Labute approximate surface area is 87.6 Å². The Morgan fingerprint density at radius 2 is 1.36 bits per heavy atom. The first kappa shape index (κ1) is 13.3. The Bertz CT molecular complexity index is 244. The van der Waals surface area contributed by atoms with Gasteiger partial charge in [0.2, 0.25) is 0 Å². The molecule has 0 radical (unpaired) electrons. The number of hydrogen-bond acceptors (Lipinski definition) is 2. The summed E-state index contributed by atoms with van der Waals surface area (Å²) in [7, 11) is 0. The standard InChI is InChI=1S/C12H23NO/c1-10(2,3)9(14)12(6,7)11(4,5)8-13/h8,13H,1-7H3. The van der Waals surface area contributed by atoms with Gasteiger partial charge in [0.15, 0.2) is 0 Å². The molecule has 0 aliphatic rings. The van der Waals surface area contributed by atoms with Crippen LogP contribution in [0.4, 0.5) is 0 Å². The summed E-state index contributed by atoms with van der Waals surface area (Å²) in [5.41, 5.74) is -1.23. The van der Waals surface area contributed by atoms with Crippen LogP contribution in [0.3, 0.4) is 0 Å². The van der Waals surface area contributed by atoms with Crippen molar-refractivity contribution in [2.75, 3.05) is 0 Å². The first-order valence-electron chi connectivity index (χ1n) is 5.03. The predicted molar refractivity (Wildman–Crippen MR) is 60.8 cm³/mol. The Balaban J connectivity index is 5.17. The second-order valence-electron chi connectivity index (χ2n) is 6.07. The van der Waals surface area contributed by atoms with Crippen LogP contribution in [-0.4, -0.2) is 12.0 Å². The van der Waals surface area contributed by atoms with Crippen molar-refractivity contribution in [3.05, 3.63) is 0 Å². The van der Waals surface area contributed by atoms with E-state index in [9.17, 15) is 4.79 Å². The van der Waals surface area contributed by atoms with Gasteiger partial charge in [-0.15, -0.1) is 0 Å². The zero-order valence-electron chi connectivity index (χ0n) is 10.5. The number of carbonyl (C=O) groups excluding carboxylic acids is 1. The van der Waals surface area contributed by atoms with E-state index < -0.39 is 10.8 Å². The number of rotatable bonds is 3. The second-order valence-corrected chi connectivity index (χ2v) is 6.07. The Morgan fingerprint density at radius 3 is 1.57 bits per heavy atom. The molecule has 2 heteroatoms. The largest absolute Gasteiger partial charge is 0.313 e. The molecule has 0 bridgehead atoms. The SMILES string of the molecule is CC(C)(C)C(=O)C(C)(C)C(C)(C)C=N. The summed E-state index contributed by atoms with van der Waals surface area (Å²) in [4.78, 5) is 12.2. The van der Waals surface area contributed by atoms with Crippen LogP contribution in [0.15, 0.2) is 0 Å². The van der Waals surface area contributed by atoms with Crippen LogP contribution in [0.25, 0.3) is 0 Å². The summed E-state index contributed by atoms with van der Waals surface area (Å²) in [6, 6.07) is 0. The Kier molecular flexibility index (Phi) is 3.32. The normalized spacial score (nSPS) is 13.9. The van der Waals surface area contributed by atoms with Gasteiger partial charge >= 0.3 is 0 Å². The van der Waals surface area contributed by atoms with Gasteiger partial charge in [0, 0.05) is 22.5 Å². The Morgan fingerprint density at radius 1 is 1.00 bits per heavy atom. The van der Waals surface area contributed by atoms with Gasteiger partial charge in [-0.1, -0.05) is 48.5 Å². The number of nitrogens with one attached hydrogen (secondary N) is 1. The molecule has 1 N–H and O–H groups in total. The lowest BCUT2D eigenvalue weighted by Gasteiger charge is -2.41. The lowest BCUT2D eigenvalue weighted by atomic mass is 9.61. The second kappa shape index (κ2) is 3.48. The summed E-state index contributed by atoms with van der Waals surface area (Å²) >= 11 is 0. The molecule has 0 rings (SSSR count). The Hall–Kier alpha value is -0.660. The van der Waals surface area contributed by atoms with Crippen LogP contribution in [0.1, 0.15) is 48.5 Å². The van der Waals surface area contributed by atoms with Gasteiger partial charge < -0.3 is 5.41 Å². The highest BCUT2D eigenvalue weighted by molar-refractivity contribution is 5.92. The maximum Gasteiger partial charge on any atom is 0.144 e. The minimum absolute atomic E-state index is 0.207. The zero-order chi connectivity index (χ0) is 11.8. The topological polar surface area (TPSA) is 40.9 Å². The van der Waals surface area contributed by atoms with Crippen LogP contribution < -0.4 is 0 Å². The molecule has 0 spiro atoms. The third-order valence-electron chi connectivity index (χ3n) is 3.22. The highest BCUT2D eigenvalue weighted by atomic mass is 16.1. The minimum atomic E-state index is -0.493. The number of ketones is 1. The summed E-state index contributed by atoms with van der Waals surface area (Å²) in [6.45, 7) is 13.5. The molecule has 0 aromatic heterocycles. The molecule has 0 aromatic carbocycles. The fourth-order valence-electron chi connectivity index (χ4n) is 1.41. The van der Waals surface area contributed by atoms with Crippen LogP contribution in [0, 0.1) is 21.7 Å². The fraction of sp³-hybridized carbons (Fsp3) is 0.833. The van der Waals surface area contributed by atoms with Crippen molar-refractivity contribution in [1.82, 2.24) is 0 Å². The highest BCUT2D eigenvalue weighted by Gasteiger charge is 2.45. The molecule has 0 saturated heterocycles. The van der Waals surface area contributed by atoms with E-state index in [-0.39, 0.29) is 11.2 Å². The number of carbonyl (C=O) groups is 1. The van der Waals surface area contributed by atoms with Crippen molar-refractivity contribution in [2.24, 2.45) is 16.2 Å². The van der Waals surface area contributed by atoms with Gasteiger partial charge in [-0.25, -0.2) is 0 Å². The molecule has 0 saturated carbocycles. The maximum absolute atomic E-state index is 12.2. The van der Waals surface area contributed by atoms with Gasteiger partial charge in [-0.2, -0.15) is 0 Å². The zero-order valence-corrected chi connectivity index (χ0v) is 10.5. The van der Waals surface area contributed by atoms with Crippen molar-refractivity contribution in [2.45, 2.75) is 48.5 Å². The summed E-state index contributed by atoms with van der Waals surface area (Å²) < 4.78 is 0. The summed E-state index contributed by atoms with van der Waals surface area (Å²) in [5, 5.41) is 7.38. The molecule has 0 atom stereocenters. The van der Waals surface area contributed by atoms with E-state index in [0.717, 1.165) is 0 Å². The van der Waals surface area contributed by atoms with E-state index in [2.05, 4.69) is 0 Å². The van der Waals surface area contributed by atoms with Crippen LogP contribution in [-0.2, 0) is 4.79 Å². The number of Topliss-reactive ketones (excluding diaryl/α,β-unsaturated/α-hetero) is 1. The third-order valence-corrected chi connectivity index (χ3v) is 3.22. The molecule has 0 aliphatic heterocycles. The maximum atomic E-state index is 12.2. The van der Waals surface area contributed by atoms with Crippen molar-refractivity contribution < 1.29 is 4.79 Å². The van der Waals surface area contributed by atoms with E-state index >= 15 is 0 Å². The van der Waals surface area contributed by atoms with E-state index in [1.165, 1.54) is 6.21 Å². The van der Waals surface area contributed by atoms with Gasteiger partial charge in [-0.05, 0) is 0 Å². The van der Waals surface area contributed by atoms with Gasteiger partial charge in [0.1, 0.15) is 5.78 Å². The van der Waals surface area contributed by atoms with Crippen LogP contribution >= 0.6 is 0 Å². The lowest BCUT2D eigenvalue weighted by Crippen LogP contribution is -2.45. The van der Waals surface area contributed by atoms with Crippen molar-refractivity contribution in [1.29, 1.82) is 5.41 Å². The molecular weight excluding hydrogens is 174 g/mol. The van der Waals surface area contributed by atoms with Gasteiger partial charge in [0.05, 0.1) is 0 Å². The quantitative estimate of drug-likeness (QED) is 0.693. The molecule has 0 aromatic rings. The van der Waals surface area contributed by atoms with Gasteiger partial charge in [-0.3, -0.25) is 4.79 Å². The average Bonchev–Trinajstić information content (AvgIpc) is 2.01. The first-order chi connectivity index (χ1) is 5.97. The van der Waals surface area contributed by atoms with E-state index in [1.54, 1.807) is 0 Å². The van der Waals surface area contributed by atoms with Crippen molar-refractivity contribution in [3.8, 4) is 0 Å². The molecule has 0 heterocycles. The number of hydrogen-bond donors (Lipinski definition) is 1.